The molecule has 0 aliphatic rings. The molecule has 2 rings (SSSR count). The number of amides is 2. The fourth-order valence-electron chi connectivity index (χ4n) is 2.15. The number of hydrogen-bond donors (Lipinski definition) is 2. The van der Waals surface area contributed by atoms with Crippen molar-refractivity contribution in [3.05, 3.63) is 59.7 Å². The van der Waals surface area contributed by atoms with Crippen molar-refractivity contribution in [2.75, 3.05) is 17.2 Å². The van der Waals surface area contributed by atoms with Gasteiger partial charge in [0.1, 0.15) is 5.60 Å². The Bertz CT molecular complexity index is 923. The monoisotopic (exact) mass is 395 g/mol. The maximum Gasteiger partial charge on any atom is 0.412 e. The Morgan fingerprint density at radius 2 is 1.48 bits per heavy atom. The zero-order chi connectivity index (χ0) is 21.4. The van der Waals surface area contributed by atoms with E-state index in [2.05, 4.69) is 10.6 Å². The van der Waals surface area contributed by atoms with Gasteiger partial charge < -0.3 is 14.8 Å². The summed E-state index contributed by atoms with van der Waals surface area (Å²) < 4.78 is 10.1. The van der Waals surface area contributed by atoms with Crippen LogP contribution >= 0.6 is 0 Å². The molecule has 8 heteroatoms. The van der Waals surface area contributed by atoms with Crippen LogP contribution in [0.5, 0.6) is 0 Å². The van der Waals surface area contributed by atoms with Crippen molar-refractivity contribution >= 4 is 29.3 Å². The van der Waals surface area contributed by atoms with Gasteiger partial charge in [-0.15, -0.1) is 0 Å². The Morgan fingerprint density at radius 3 is 2.03 bits per heavy atom. The van der Waals surface area contributed by atoms with Gasteiger partial charge in [-0.1, -0.05) is 0 Å². The second-order valence-electron chi connectivity index (χ2n) is 7.02. The van der Waals surface area contributed by atoms with E-state index in [0.717, 1.165) is 0 Å². The number of rotatable bonds is 5. The fraction of sp³-hybridized carbons (Fsp3) is 0.238. The average molecular weight is 395 g/mol. The number of esters is 1. The van der Waals surface area contributed by atoms with Crippen LogP contribution in [0.1, 0.15) is 36.7 Å². The number of benzene rings is 2. The Labute approximate surface area is 168 Å². The molecule has 0 saturated heterocycles. The third kappa shape index (κ3) is 7.34. The molecule has 0 unspecified atom stereocenters. The van der Waals surface area contributed by atoms with Gasteiger partial charge in [0.05, 0.1) is 17.2 Å². The van der Waals surface area contributed by atoms with Gasteiger partial charge in [0.2, 0.25) is 0 Å². The minimum absolute atomic E-state index is 0.228. The van der Waals surface area contributed by atoms with Gasteiger partial charge in [-0.2, -0.15) is 5.26 Å². The molecular formula is C21H21N3O5. The molecule has 0 fully saturated rings. The Morgan fingerprint density at radius 1 is 0.931 bits per heavy atom. The van der Waals surface area contributed by atoms with E-state index in [0.29, 0.717) is 16.9 Å². The van der Waals surface area contributed by atoms with Crippen molar-refractivity contribution < 1.29 is 23.9 Å². The summed E-state index contributed by atoms with van der Waals surface area (Å²) in [5.74, 6) is -1.19. The number of carbonyl (C=O) groups excluding carboxylic acids is 3. The molecule has 0 bridgehead atoms. The van der Waals surface area contributed by atoms with Gasteiger partial charge in [-0.3, -0.25) is 10.1 Å². The van der Waals surface area contributed by atoms with Gasteiger partial charge in [0.25, 0.3) is 5.91 Å². The molecule has 0 atom stereocenters. The van der Waals surface area contributed by atoms with E-state index < -0.39 is 30.2 Å². The number of carbonyl (C=O) groups is 3. The summed E-state index contributed by atoms with van der Waals surface area (Å²) in [7, 11) is 0. The highest BCUT2D eigenvalue weighted by Crippen LogP contribution is 2.14. The molecule has 0 heterocycles. The van der Waals surface area contributed by atoms with Crippen LogP contribution in [0.4, 0.5) is 16.2 Å². The van der Waals surface area contributed by atoms with Crippen LogP contribution in [0.2, 0.25) is 0 Å². The lowest BCUT2D eigenvalue weighted by Crippen LogP contribution is -2.27. The molecule has 0 aromatic heterocycles. The Kier molecular flexibility index (Phi) is 6.93. The molecule has 2 aromatic rings. The van der Waals surface area contributed by atoms with Crippen LogP contribution in [-0.2, 0) is 14.3 Å². The summed E-state index contributed by atoms with van der Waals surface area (Å²) in [5.41, 5.74) is 1.02. The Hall–Kier alpha value is -3.86. The van der Waals surface area contributed by atoms with E-state index in [4.69, 9.17) is 14.7 Å². The van der Waals surface area contributed by atoms with Gasteiger partial charge in [0, 0.05) is 11.4 Å². The van der Waals surface area contributed by atoms with Gasteiger partial charge in [-0.25, -0.2) is 9.59 Å². The highest BCUT2D eigenvalue weighted by Gasteiger charge is 2.16. The SMILES string of the molecule is CC(C)(C)OC(=O)Nc1ccc(C(=O)OCC(=O)Nc2ccc(C#N)cc2)cc1. The van der Waals surface area contributed by atoms with Crippen LogP contribution in [0.25, 0.3) is 0 Å². The van der Waals surface area contributed by atoms with Crippen molar-refractivity contribution in [1.82, 2.24) is 0 Å². The largest absolute Gasteiger partial charge is 0.452 e. The van der Waals surface area contributed by atoms with E-state index in [1.54, 1.807) is 45.0 Å². The van der Waals surface area contributed by atoms with Crippen molar-refractivity contribution in [3.8, 4) is 6.07 Å². The zero-order valence-electron chi connectivity index (χ0n) is 16.3. The summed E-state index contributed by atoms with van der Waals surface area (Å²) in [6, 6.07) is 14.2. The molecule has 0 spiro atoms. The summed E-state index contributed by atoms with van der Waals surface area (Å²) in [5, 5.41) is 13.9. The van der Waals surface area contributed by atoms with E-state index in [9.17, 15) is 14.4 Å². The maximum atomic E-state index is 12.1. The third-order valence-corrected chi connectivity index (χ3v) is 3.40. The molecule has 0 radical (unpaired) electrons. The van der Waals surface area contributed by atoms with Crippen molar-refractivity contribution in [2.45, 2.75) is 26.4 Å². The van der Waals surface area contributed by atoms with Gasteiger partial charge in [-0.05, 0) is 69.3 Å². The normalized spacial score (nSPS) is 10.4. The number of nitrogens with zero attached hydrogens (tertiary/aromatic N) is 1. The van der Waals surface area contributed by atoms with Crippen LogP contribution < -0.4 is 10.6 Å². The summed E-state index contributed by atoms with van der Waals surface area (Å²) >= 11 is 0. The predicted molar refractivity (Wildman–Crippen MR) is 106 cm³/mol. The van der Waals surface area contributed by atoms with Crippen LogP contribution in [-0.4, -0.2) is 30.2 Å². The first-order valence-electron chi connectivity index (χ1n) is 8.73. The fourth-order valence-corrected chi connectivity index (χ4v) is 2.15. The molecule has 29 heavy (non-hydrogen) atoms. The molecule has 2 N–H and O–H groups in total. The second kappa shape index (κ2) is 9.37. The topological polar surface area (TPSA) is 118 Å². The number of ether oxygens (including phenoxy) is 2. The quantitative estimate of drug-likeness (QED) is 0.746. The van der Waals surface area contributed by atoms with Crippen LogP contribution in [0.3, 0.4) is 0 Å². The number of nitrogens with one attached hydrogen (secondary N) is 2. The number of anilines is 2. The minimum Gasteiger partial charge on any atom is -0.452 e. The van der Waals surface area contributed by atoms with E-state index in [1.807, 2.05) is 6.07 Å². The van der Waals surface area contributed by atoms with E-state index >= 15 is 0 Å². The Balaban J connectivity index is 1.83. The van der Waals surface area contributed by atoms with E-state index in [-0.39, 0.29) is 5.56 Å². The van der Waals surface area contributed by atoms with Gasteiger partial charge in [0.15, 0.2) is 6.61 Å². The summed E-state index contributed by atoms with van der Waals surface area (Å²) in [6.07, 6.45) is -0.604. The highest BCUT2D eigenvalue weighted by atomic mass is 16.6. The zero-order valence-corrected chi connectivity index (χ0v) is 16.3. The van der Waals surface area contributed by atoms with Crippen molar-refractivity contribution in [1.29, 1.82) is 5.26 Å². The third-order valence-electron chi connectivity index (χ3n) is 3.40. The van der Waals surface area contributed by atoms with Crippen LogP contribution in [0, 0.1) is 11.3 Å². The molecule has 2 aromatic carbocycles. The van der Waals surface area contributed by atoms with Crippen LogP contribution in [0.15, 0.2) is 48.5 Å². The first kappa shape index (κ1) is 21.4. The molecule has 8 nitrogen and oxygen atoms in total. The number of nitriles is 1. The smallest absolute Gasteiger partial charge is 0.412 e. The highest BCUT2D eigenvalue weighted by molar-refractivity contribution is 5.96. The lowest BCUT2D eigenvalue weighted by atomic mass is 10.2. The molecule has 0 aliphatic carbocycles. The maximum absolute atomic E-state index is 12.1. The predicted octanol–water partition coefficient (Wildman–Crippen LogP) is 3.70. The molecule has 2 amide bonds. The first-order chi connectivity index (χ1) is 13.7. The molecule has 0 saturated carbocycles. The summed E-state index contributed by atoms with van der Waals surface area (Å²) in [6.45, 7) is 4.80. The average Bonchev–Trinajstić information content (AvgIpc) is 2.66. The van der Waals surface area contributed by atoms with Crippen molar-refractivity contribution in [3.63, 3.8) is 0 Å². The minimum atomic E-state index is -0.677. The standard InChI is InChI=1S/C21H21N3O5/c1-21(2,3)29-20(27)24-17-10-6-15(7-11-17)19(26)28-13-18(25)23-16-8-4-14(12-22)5-9-16/h4-11H,13H2,1-3H3,(H,23,25)(H,24,27). The molecule has 150 valence electrons. The summed E-state index contributed by atoms with van der Waals surface area (Å²) in [4.78, 5) is 35.7. The first-order valence-corrected chi connectivity index (χ1v) is 8.73. The molecular weight excluding hydrogens is 374 g/mol. The lowest BCUT2D eigenvalue weighted by molar-refractivity contribution is -0.119. The van der Waals surface area contributed by atoms with Gasteiger partial charge >= 0.3 is 12.1 Å². The number of hydrogen-bond acceptors (Lipinski definition) is 6. The van der Waals surface area contributed by atoms with E-state index in [1.165, 1.54) is 24.3 Å². The second-order valence-corrected chi connectivity index (χ2v) is 7.02. The lowest BCUT2D eigenvalue weighted by Gasteiger charge is -2.19. The van der Waals surface area contributed by atoms with Crippen molar-refractivity contribution in [2.24, 2.45) is 0 Å². The molecule has 0 aliphatic heterocycles.